The maximum Gasteiger partial charge on any atom is 0.309 e. The summed E-state index contributed by atoms with van der Waals surface area (Å²) in [7, 11) is 2.14. The second kappa shape index (κ2) is 12.8. The summed E-state index contributed by atoms with van der Waals surface area (Å²) in [5.74, 6) is 1.19. The first kappa shape index (κ1) is 30.4. The van der Waals surface area contributed by atoms with Gasteiger partial charge >= 0.3 is 5.97 Å². The molecule has 2 aliphatic carbocycles. The third-order valence-electron chi connectivity index (χ3n) is 8.01. The van der Waals surface area contributed by atoms with Crippen LogP contribution in [0.3, 0.4) is 0 Å². The highest BCUT2D eigenvalue weighted by Crippen LogP contribution is 2.49. The number of carbonyl (C=O) groups is 1. The molecule has 0 saturated heterocycles. The van der Waals surface area contributed by atoms with E-state index in [1.807, 2.05) is 24.3 Å². The van der Waals surface area contributed by atoms with Crippen molar-refractivity contribution < 1.29 is 13.9 Å². The van der Waals surface area contributed by atoms with E-state index in [4.69, 9.17) is 9.72 Å². The van der Waals surface area contributed by atoms with E-state index in [-0.39, 0.29) is 54.4 Å². The molecule has 2 atom stereocenters. The van der Waals surface area contributed by atoms with Gasteiger partial charge in [-0.25, -0.2) is 9.37 Å². The SMILES string of the molecule is CC(C)[C@@H]1c2ccc(F)cc2CC[C@@]1(CCN(C)CCCc1nc2ccccc2[nH]1)OC(=O)C1CC1.Cl.Cl. The van der Waals surface area contributed by atoms with Gasteiger partial charge in [-0.15, -0.1) is 24.8 Å². The number of esters is 1. The molecule has 0 amide bonds. The molecule has 1 saturated carbocycles. The summed E-state index contributed by atoms with van der Waals surface area (Å²) < 4.78 is 20.4. The second-order valence-corrected chi connectivity index (χ2v) is 11.2. The molecule has 208 valence electrons. The normalized spacial score (nSPS) is 20.6. The Morgan fingerprint density at radius 2 is 1.95 bits per heavy atom. The Kier molecular flexibility index (Phi) is 10.2. The van der Waals surface area contributed by atoms with Crippen LogP contribution >= 0.6 is 24.8 Å². The lowest BCUT2D eigenvalue weighted by atomic mass is 9.65. The van der Waals surface area contributed by atoms with Gasteiger partial charge in [-0.3, -0.25) is 4.79 Å². The maximum absolute atomic E-state index is 14.0. The summed E-state index contributed by atoms with van der Waals surface area (Å²) in [6.07, 6.45) is 6.04. The van der Waals surface area contributed by atoms with Crippen LogP contribution in [0.5, 0.6) is 0 Å². The zero-order chi connectivity index (χ0) is 25.3. The minimum Gasteiger partial charge on any atom is -0.458 e. The van der Waals surface area contributed by atoms with E-state index >= 15 is 0 Å². The van der Waals surface area contributed by atoms with Crippen molar-refractivity contribution in [3.05, 3.63) is 65.2 Å². The molecule has 0 unspecified atom stereocenters. The third-order valence-corrected chi connectivity index (χ3v) is 8.01. The Hall–Kier alpha value is -2.15. The number of H-pyrrole nitrogens is 1. The quantitative estimate of drug-likeness (QED) is 0.273. The monoisotopic (exact) mass is 563 g/mol. The van der Waals surface area contributed by atoms with Crippen LogP contribution in [0.15, 0.2) is 42.5 Å². The summed E-state index contributed by atoms with van der Waals surface area (Å²) in [5, 5.41) is 0. The van der Waals surface area contributed by atoms with Gasteiger partial charge in [-0.1, -0.05) is 32.0 Å². The summed E-state index contributed by atoms with van der Waals surface area (Å²) in [5.41, 5.74) is 3.75. The molecule has 5 rings (SSSR count). The van der Waals surface area contributed by atoms with Crippen LogP contribution in [0.2, 0.25) is 0 Å². The number of nitrogens with one attached hydrogen (secondary N) is 1. The number of aryl methyl sites for hydroxylation is 2. The average Bonchev–Trinajstić information content (AvgIpc) is 3.62. The molecular formula is C30H40Cl2FN3O2. The second-order valence-electron chi connectivity index (χ2n) is 11.2. The average molecular weight is 565 g/mol. The highest BCUT2D eigenvalue weighted by Gasteiger charge is 2.49. The molecule has 8 heteroatoms. The summed E-state index contributed by atoms with van der Waals surface area (Å²) >= 11 is 0. The third kappa shape index (κ3) is 6.70. The van der Waals surface area contributed by atoms with E-state index in [0.717, 1.165) is 86.0 Å². The van der Waals surface area contributed by atoms with Gasteiger partial charge in [0.1, 0.15) is 17.2 Å². The lowest BCUT2D eigenvalue weighted by Gasteiger charge is -2.47. The van der Waals surface area contributed by atoms with Crippen LogP contribution in [0, 0.1) is 17.7 Å². The Morgan fingerprint density at radius 1 is 1.18 bits per heavy atom. The largest absolute Gasteiger partial charge is 0.458 e. The number of hydrogen-bond donors (Lipinski definition) is 1. The number of fused-ring (bicyclic) bond motifs is 2. The van der Waals surface area contributed by atoms with Crippen molar-refractivity contribution in [1.82, 2.24) is 14.9 Å². The van der Waals surface area contributed by atoms with Gasteiger partial charge in [-0.2, -0.15) is 0 Å². The van der Waals surface area contributed by atoms with Crippen molar-refractivity contribution >= 4 is 41.8 Å². The molecular weight excluding hydrogens is 524 g/mol. The lowest BCUT2D eigenvalue weighted by Crippen LogP contribution is -2.48. The number of aromatic nitrogens is 2. The topological polar surface area (TPSA) is 58.2 Å². The van der Waals surface area contributed by atoms with Gasteiger partial charge in [0.05, 0.1) is 17.0 Å². The van der Waals surface area contributed by atoms with Crippen molar-refractivity contribution in [3.63, 3.8) is 0 Å². The molecule has 5 nitrogen and oxygen atoms in total. The Labute approximate surface area is 237 Å². The van der Waals surface area contributed by atoms with Crippen LogP contribution in [-0.4, -0.2) is 46.6 Å². The number of carbonyl (C=O) groups excluding carboxylic acids is 1. The van der Waals surface area contributed by atoms with Crippen LogP contribution in [0.4, 0.5) is 4.39 Å². The van der Waals surface area contributed by atoms with Crippen LogP contribution < -0.4 is 0 Å². The van der Waals surface area contributed by atoms with Crippen molar-refractivity contribution in [1.29, 1.82) is 0 Å². The number of imidazole rings is 1. The first-order chi connectivity index (χ1) is 17.3. The van der Waals surface area contributed by atoms with E-state index in [1.165, 1.54) is 0 Å². The number of ether oxygens (including phenoxy) is 1. The molecule has 2 aromatic carbocycles. The number of para-hydroxylation sites is 2. The van der Waals surface area contributed by atoms with E-state index in [1.54, 1.807) is 12.1 Å². The first-order valence-electron chi connectivity index (χ1n) is 13.5. The number of hydrogen-bond acceptors (Lipinski definition) is 4. The van der Waals surface area contributed by atoms with Crippen molar-refractivity contribution in [2.45, 2.75) is 70.3 Å². The molecule has 38 heavy (non-hydrogen) atoms. The fourth-order valence-electron chi connectivity index (χ4n) is 6.03. The molecule has 1 heterocycles. The van der Waals surface area contributed by atoms with Gasteiger partial charge in [0.2, 0.25) is 0 Å². The molecule has 0 radical (unpaired) electrons. The van der Waals surface area contributed by atoms with Gasteiger partial charge in [0.25, 0.3) is 0 Å². The van der Waals surface area contributed by atoms with Crippen LogP contribution in [-0.2, 0) is 22.4 Å². The number of nitrogens with zero attached hydrogens (tertiary/aromatic N) is 2. The molecule has 0 bridgehead atoms. The summed E-state index contributed by atoms with van der Waals surface area (Å²) in [6, 6.07) is 13.3. The Balaban J connectivity index is 0.00000200. The highest BCUT2D eigenvalue weighted by molar-refractivity contribution is 5.85. The minimum absolute atomic E-state index is 0. The molecule has 0 aliphatic heterocycles. The number of rotatable bonds is 10. The van der Waals surface area contributed by atoms with Gasteiger partial charge < -0.3 is 14.6 Å². The maximum atomic E-state index is 14.0. The number of halogens is 3. The predicted molar refractivity (Wildman–Crippen MR) is 155 cm³/mol. The molecule has 1 fully saturated rings. The molecule has 1 N–H and O–H groups in total. The predicted octanol–water partition coefficient (Wildman–Crippen LogP) is 6.88. The molecule has 0 spiro atoms. The van der Waals surface area contributed by atoms with E-state index in [2.05, 4.69) is 36.8 Å². The number of aromatic amines is 1. The zero-order valence-electron chi connectivity index (χ0n) is 22.5. The minimum atomic E-state index is -0.550. The zero-order valence-corrected chi connectivity index (χ0v) is 24.2. The van der Waals surface area contributed by atoms with Crippen LogP contribution in [0.25, 0.3) is 11.0 Å². The van der Waals surface area contributed by atoms with Crippen molar-refractivity contribution in [2.24, 2.45) is 11.8 Å². The van der Waals surface area contributed by atoms with E-state index in [9.17, 15) is 9.18 Å². The Bertz CT molecular complexity index is 1200. The van der Waals surface area contributed by atoms with Gasteiger partial charge in [-0.05, 0) is 87.0 Å². The summed E-state index contributed by atoms with van der Waals surface area (Å²) in [4.78, 5) is 23.4. The first-order valence-corrected chi connectivity index (χ1v) is 13.5. The van der Waals surface area contributed by atoms with Crippen molar-refractivity contribution in [2.75, 3.05) is 20.1 Å². The van der Waals surface area contributed by atoms with Crippen molar-refractivity contribution in [3.8, 4) is 0 Å². The molecule has 1 aromatic heterocycles. The smallest absolute Gasteiger partial charge is 0.309 e. The number of benzene rings is 2. The fourth-order valence-corrected chi connectivity index (χ4v) is 6.03. The molecule has 2 aliphatic rings. The standard InChI is InChI=1S/C30H38FN3O2.2ClH/c1-20(2)28-24-13-12-23(31)19-22(24)14-15-30(28,36-29(35)21-10-11-21)16-18-34(3)17-6-9-27-32-25-7-4-5-8-26(25)33-27;;/h4-5,7-8,12-13,19-21,28H,6,9-11,14-18H2,1-3H3,(H,32,33);2*1H/t28-,30+;;/m1../s1. The van der Waals surface area contributed by atoms with Gasteiger partial charge in [0.15, 0.2) is 0 Å². The molecule has 3 aromatic rings. The van der Waals surface area contributed by atoms with E-state index < -0.39 is 5.60 Å². The lowest BCUT2D eigenvalue weighted by molar-refractivity contribution is -0.169. The van der Waals surface area contributed by atoms with Gasteiger partial charge in [0, 0.05) is 25.3 Å². The Morgan fingerprint density at radius 3 is 2.66 bits per heavy atom. The fraction of sp³-hybridized carbons (Fsp3) is 0.533. The van der Waals surface area contributed by atoms with Crippen LogP contribution in [0.1, 0.15) is 68.8 Å². The highest BCUT2D eigenvalue weighted by atomic mass is 35.5. The summed E-state index contributed by atoms with van der Waals surface area (Å²) in [6.45, 7) is 6.18. The van der Waals surface area contributed by atoms with E-state index in [0.29, 0.717) is 0 Å².